The van der Waals surface area contributed by atoms with Gasteiger partial charge in [0, 0.05) is 16.1 Å². The minimum absolute atomic E-state index is 0.0668. The van der Waals surface area contributed by atoms with Gasteiger partial charge in [-0.1, -0.05) is 41.4 Å². The van der Waals surface area contributed by atoms with Crippen molar-refractivity contribution < 1.29 is 18.7 Å². The summed E-state index contributed by atoms with van der Waals surface area (Å²) in [7, 11) is 1.44. The minimum Gasteiger partial charge on any atom is -0.493 e. The SMILES string of the molecule is COc1cc(C=Nn2c(C(C)C)nc3ccc(Br)cc3c2=O)cc(Cl)c1OCC(=O)Nc1ccc(F)cc1. The number of anilines is 1. The van der Waals surface area contributed by atoms with Crippen LogP contribution in [0.2, 0.25) is 5.02 Å². The molecule has 0 unspecified atom stereocenters. The number of ether oxygens (including phenoxy) is 2. The highest BCUT2D eigenvalue weighted by molar-refractivity contribution is 9.10. The van der Waals surface area contributed by atoms with Gasteiger partial charge in [0.2, 0.25) is 0 Å². The lowest BCUT2D eigenvalue weighted by Crippen LogP contribution is -2.23. The Bertz CT molecular complexity index is 1590. The molecule has 38 heavy (non-hydrogen) atoms. The van der Waals surface area contributed by atoms with E-state index < -0.39 is 11.7 Å². The van der Waals surface area contributed by atoms with Crippen LogP contribution in [0.1, 0.15) is 31.2 Å². The molecule has 1 aromatic heterocycles. The first-order valence-electron chi connectivity index (χ1n) is 11.5. The van der Waals surface area contributed by atoms with Crippen LogP contribution in [-0.4, -0.2) is 35.5 Å². The molecular weight excluding hydrogens is 579 g/mol. The monoisotopic (exact) mass is 600 g/mol. The highest BCUT2D eigenvalue weighted by atomic mass is 79.9. The van der Waals surface area contributed by atoms with Crippen molar-refractivity contribution >= 4 is 56.2 Å². The smallest absolute Gasteiger partial charge is 0.282 e. The van der Waals surface area contributed by atoms with Crippen molar-refractivity contribution in [2.24, 2.45) is 5.10 Å². The van der Waals surface area contributed by atoms with Gasteiger partial charge in [-0.05, 0) is 60.2 Å². The fourth-order valence-corrected chi connectivity index (χ4v) is 4.23. The molecule has 1 amide bonds. The van der Waals surface area contributed by atoms with E-state index in [9.17, 15) is 14.0 Å². The zero-order chi connectivity index (χ0) is 27.4. The van der Waals surface area contributed by atoms with Gasteiger partial charge < -0.3 is 14.8 Å². The molecule has 4 aromatic rings. The zero-order valence-corrected chi connectivity index (χ0v) is 23.0. The number of fused-ring (bicyclic) bond motifs is 1. The van der Waals surface area contributed by atoms with Gasteiger partial charge in [-0.15, -0.1) is 0 Å². The molecule has 1 N–H and O–H groups in total. The Hall–Kier alpha value is -3.76. The van der Waals surface area contributed by atoms with Crippen LogP contribution in [0.25, 0.3) is 10.9 Å². The number of amides is 1. The van der Waals surface area contributed by atoms with E-state index in [4.69, 9.17) is 21.1 Å². The molecule has 8 nitrogen and oxygen atoms in total. The molecule has 0 spiro atoms. The van der Waals surface area contributed by atoms with Crippen LogP contribution in [-0.2, 0) is 4.79 Å². The second-order valence-electron chi connectivity index (χ2n) is 8.53. The number of aromatic nitrogens is 2. The Balaban J connectivity index is 1.58. The van der Waals surface area contributed by atoms with Gasteiger partial charge in [0.1, 0.15) is 11.6 Å². The summed E-state index contributed by atoms with van der Waals surface area (Å²) in [4.78, 5) is 30.1. The maximum atomic E-state index is 13.2. The summed E-state index contributed by atoms with van der Waals surface area (Å²) in [6.07, 6.45) is 1.47. The number of halogens is 3. The maximum absolute atomic E-state index is 13.2. The summed E-state index contributed by atoms with van der Waals surface area (Å²) >= 11 is 9.83. The molecule has 0 fully saturated rings. The number of hydrogen-bond acceptors (Lipinski definition) is 6. The average molecular weight is 602 g/mol. The largest absolute Gasteiger partial charge is 0.493 e. The van der Waals surface area contributed by atoms with Crippen molar-refractivity contribution in [2.45, 2.75) is 19.8 Å². The van der Waals surface area contributed by atoms with Crippen molar-refractivity contribution in [1.29, 1.82) is 0 Å². The highest BCUT2D eigenvalue weighted by Crippen LogP contribution is 2.36. The van der Waals surface area contributed by atoms with E-state index in [-0.39, 0.29) is 34.6 Å². The van der Waals surface area contributed by atoms with Gasteiger partial charge in [0.15, 0.2) is 18.1 Å². The number of rotatable bonds is 8. The Morgan fingerprint density at radius 3 is 2.63 bits per heavy atom. The van der Waals surface area contributed by atoms with Crippen molar-refractivity contribution in [1.82, 2.24) is 9.66 Å². The minimum atomic E-state index is -0.462. The first-order chi connectivity index (χ1) is 18.2. The quantitative estimate of drug-likeness (QED) is 0.251. The molecule has 0 atom stereocenters. The molecular formula is C27H23BrClFN4O4. The fraction of sp³-hybridized carbons (Fsp3) is 0.185. The number of benzene rings is 3. The third-order valence-corrected chi connectivity index (χ3v) is 6.17. The molecule has 196 valence electrons. The standard InChI is InChI=1S/C27H23BrClFN4O4/c1-15(2)26-33-22-9-4-17(28)12-20(22)27(36)34(26)31-13-16-10-21(29)25(23(11-16)37-3)38-14-24(35)32-19-7-5-18(30)6-8-19/h4-13,15H,14H2,1-3H3,(H,32,35). The molecule has 3 aromatic carbocycles. The van der Waals surface area contributed by atoms with E-state index in [0.717, 1.165) is 4.47 Å². The predicted octanol–water partition coefficient (Wildman–Crippen LogP) is 5.98. The topological polar surface area (TPSA) is 94.8 Å². The third kappa shape index (κ3) is 6.20. The third-order valence-electron chi connectivity index (χ3n) is 5.40. The molecule has 0 aliphatic rings. The molecule has 11 heteroatoms. The van der Waals surface area contributed by atoms with Crippen LogP contribution < -0.4 is 20.3 Å². The summed E-state index contributed by atoms with van der Waals surface area (Å²) in [5.74, 6) is 0.00326. The van der Waals surface area contributed by atoms with Gasteiger partial charge >= 0.3 is 0 Å². The lowest BCUT2D eigenvalue weighted by atomic mass is 10.2. The first-order valence-corrected chi connectivity index (χ1v) is 12.7. The van der Waals surface area contributed by atoms with E-state index in [1.54, 1.807) is 24.3 Å². The number of hydrogen-bond donors (Lipinski definition) is 1. The second kappa shape index (κ2) is 11.7. The van der Waals surface area contributed by atoms with Gasteiger partial charge in [-0.25, -0.2) is 9.37 Å². The molecule has 0 aliphatic carbocycles. The first kappa shape index (κ1) is 27.3. The maximum Gasteiger partial charge on any atom is 0.282 e. The Morgan fingerprint density at radius 1 is 1.21 bits per heavy atom. The summed E-state index contributed by atoms with van der Waals surface area (Å²) in [5, 5.41) is 7.62. The van der Waals surface area contributed by atoms with Crippen LogP contribution in [0.15, 0.2) is 69.0 Å². The Morgan fingerprint density at radius 2 is 1.95 bits per heavy atom. The number of methoxy groups -OCH3 is 1. The second-order valence-corrected chi connectivity index (χ2v) is 9.85. The number of nitrogens with one attached hydrogen (secondary N) is 1. The molecule has 0 radical (unpaired) electrons. The predicted molar refractivity (Wildman–Crippen MR) is 149 cm³/mol. The summed E-state index contributed by atoms with van der Waals surface area (Å²) in [6.45, 7) is 3.50. The van der Waals surface area contributed by atoms with Crippen molar-refractivity contribution in [3.63, 3.8) is 0 Å². The van der Waals surface area contributed by atoms with Gasteiger partial charge in [-0.3, -0.25) is 9.59 Å². The van der Waals surface area contributed by atoms with Crippen LogP contribution in [0.3, 0.4) is 0 Å². The molecule has 0 saturated carbocycles. The number of nitrogens with zero attached hydrogens (tertiary/aromatic N) is 3. The van der Waals surface area contributed by atoms with E-state index in [2.05, 4.69) is 31.3 Å². The summed E-state index contributed by atoms with van der Waals surface area (Å²) in [5.41, 5.74) is 1.24. The highest BCUT2D eigenvalue weighted by Gasteiger charge is 2.16. The average Bonchev–Trinajstić information content (AvgIpc) is 2.88. The summed E-state index contributed by atoms with van der Waals surface area (Å²) < 4.78 is 26.1. The van der Waals surface area contributed by atoms with Crippen molar-refractivity contribution in [3.05, 3.63) is 91.7 Å². The number of carbonyl (C=O) groups excluding carboxylic acids is 1. The Labute approximate surface area is 231 Å². The molecule has 0 bridgehead atoms. The molecule has 0 aliphatic heterocycles. The van der Waals surface area contributed by atoms with Crippen molar-refractivity contribution in [2.75, 3.05) is 19.0 Å². The summed E-state index contributed by atoms with van der Waals surface area (Å²) in [6, 6.07) is 13.9. The van der Waals surface area contributed by atoms with Gasteiger partial charge in [0.05, 0.1) is 29.2 Å². The fourth-order valence-electron chi connectivity index (χ4n) is 3.60. The van der Waals surface area contributed by atoms with Crippen molar-refractivity contribution in [3.8, 4) is 11.5 Å². The lowest BCUT2D eigenvalue weighted by molar-refractivity contribution is -0.118. The normalized spacial score (nSPS) is 11.3. The van der Waals surface area contributed by atoms with Gasteiger partial charge in [0.25, 0.3) is 11.5 Å². The number of carbonyl (C=O) groups is 1. The van der Waals surface area contributed by atoms with Crippen LogP contribution >= 0.6 is 27.5 Å². The van der Waals surface area contributed by atoms with Crippen LogP contribution in [0.4, 0.5) is 10.1 Å². The van der Waals surface area contributed by atoms with E-state index in [1.807, 2.05) is 19.9 Å². The Kier molecular flexibility index (Phi) is 8.43. The van der Waals surface area contributed by atoms with Crippen LogP contribution in [0.5, 0.6) is 11.5 Å². The molecule has 1 heterocycles. The molecule has 0 saturated heterocycles. The van der Waals surface area contributed by atoms with Crippen LogP contribution in [0, 0.1) is 5.82 Å². The zero-order valence-electron chi connectivity index (χ0n) is 20.7. The van der Waals surface area contributed by atoms with E-state index in [0.29, 0.717) is 28.0 Å². The van der Waals surface area contributed by atoms with E-state index >= 15 is 0 Å². The lowest BCUT2D eigenvalue weighted by Gasteiger charge is -2.14. The molecule has 4 rings (SSSR count). The van der Waals surface area contributed by atoms with E-state index in [1.165, 1.54) is 42.3 Å². The van der Waals surface area contributed by atoms with Gasteiger partial charge in [-0.2, -0.15) is 9.78 Å².